The van der Waals surface area contributed by atoms with Gasteiger partial charge in [0, 0.05) is 0 Å². The van der Waals surface area contributed by atoms with Crippen LogP contribution >= 0.6 is 0 Å². The topological polar surface area (TPSA) is 9.23 Å². The van der Waals surface area contributed by atoms with Gasteiger partial charge >= 0.3 is 0 Å². The quantitative estimate of drug-likeness (QED) is 0.521. The molecule has 0 bridgehead atoms. The third kappa shape index (κ3) is 4.60. The maximum Gasteiger partial charge on any atom is 0.119 e. The van der Waals surface area contributed by atoms with E-state index in [1.807, 2.05) is 30.3 Å². The fraction of sp³-hybridized carbons (Fsp3) is 0.130. The summed E-state index contributed by atoms with van der Waals surface area (Å²) in [5.74, 6) is 0.891. The van der Waals surface area contributed by atoms with Gasteiger partial charge in [-0.15, -0.1) is 0 Å². The largest absolute Gasteiger partial charge is 0.489 e. The van der Waals surface area contributed by atoms with Crippen LogP contribution in [0.15, 0.2) is 72.8 Å². The Morgan fingerprint density at radius 3 is 2.00 bits per heavy atom. The molecule has 1 heteroatoms. The molecule has 0 aromatic heterocycles. The average Bonchev–Trinajstić information content (AvgIpc) is 2.59. The number of aryl methyl sites for hydroxylation is 2. The van der Waals surface area contributed by atoms with Crippen molar-refractivity contribution in [3.8, 4) is 5.75 Å². The second kappa shape index (κ2) is 7.65. The number of benzene rings is 3. The number of hydrogen-bond donors (Lipinski definition) is 0. The van der Waals surface area contributed by atoms with Gasteiger partial charge in [0.2, 0.25) is 0 Å². The van der Waals surface area contributed by atoms with E-state index in [0.717, 1.165) is 5.75 Å². The third-order valence-corrected chi connectivity index (χ3v) is 3.84. The minimum absolute atomic E-state index is 0.596. The Kier molecular flexibility index (Phi) is 5.12. The highest BCUT2D eigenvalue weighted by Crippen LogP contribution is 2.17. The van der Waals surface area contributed by atoms with Crippen LogP contribution in [0, 0.1) is 13.8 Å². The van der Waals surface area contributed by atoms with Crippen LogP contribution in [0.1, 0.15) is 27.8 Å². The van der Waals surface area contributed by atoms with Crippen LogP contribution in [-0.2, 0) is 6.61 Å². The van der Waals surface area contributed by atoms with Crippen molar-refractivity contribution in [2.24, 2.45) is 0 Å². The van der Waals surface area contributed by atoms with E-state index in [0.29, 0.717) is 6.61 Å². The fourth-order valence-electron chi connectivity index (χ4n) is 2.71. The summed E-state index contributed by atoms with van der Waals surface area (Å²) in [7, 11) is 0. The zero-order chi connectivity index (χ0) is 16.8. The molecule has 0 atom stereocenters. The van der Waals surface area contributed by atoms with Gasteiger partial charge in [-0.05, 0) is 42.7 Å². The van der Waals surface area contributed by atoms with E-state index in [-0.39, 0.29) is 0 Å². The molecular formula is C23H22O. The molecule has 3 aromatic carbocycles. The highest BCUT2D eigenvalue weighted by atomic mass is 16.5. The molecule has 0 fully saturated rings. The Hall–Kier alpha value is -2.80. The lowest BCUT2D eigenvalue weighted by atomic mass is 10.1. The van der Waals surface area contributed by atoms with Gasteiger partial charge in [0.15, 0.2) is 0 Å². The van der Waals surface area contributed by atoms with Crippen LogP contribution in [-0.4, -0.2) is 0 Å². The van der Waals surface area contributed by atoms with Gasteiger partial charge < -0.3 is 4.74 Å². The average molecular weight is 314 g/mol. The maximum absolute atomic E-state index is 5.82. The van der Waals surface area contributed by atoms with Gasteiger partial charge in [0.1, 0.15) is 12.4 Å². The molecule has 3 aromatic rings. The third-order valence-electron chi connectivity index (χ3n) is 3.84. The van der Waals surface area contributed by atoms with Crippen molar-refractivity contribution in [1.29, 1.82) is 0 Å². The molecular weight excluding hydrogens is 292 g/mol. The number of hydrogen-bond acceptors (Lipinski definition) is 1. The van der Waals surface area contributed by atoms with Crippen LogP contribution in [0.2, 0.25) is 0 Å². The zero-order valence-corrected chi connectivity index (χ0v) is 14.2. The summed E-state index contributed by atoms with van der Waals surface area (Å²) in [6, 6.07) is 25.0. The first-order chi connectivity index (χ1) is 11.7. The lowest BCUT2D eigenvalue weighted by molar-refractivity contribution is 0.306. The lowest BCUT2D eigenvalue weighted by Gasteiger charge is -2.06. The minimum atomic E-state index is 0.596. The first kappa shape index (κ1) is 16.1. The van der Waals surface area contributed by atoms with Gasteiger partial charge in [0.05, 0.1) is 0 Å². The fourth-order valence-corrected chi connectivity index (χ4v) is 2.71. The molecule has 24 heavy (non-hydrogen) atoms. The van der Waals surface area contributed by atoms with Crippen molar-refractivity contribution in [2.45, 2.75) is 20.5 Å². The summed E-state index contributed by atoms with van der Waals surface area (Å²) in [6.45, 7) is 4.85. The number of rotatable bonds is 5. The molecule has 0 aliphatic carbocycles. The van der Waals surface area contributed by atoms with Gasteiger partial charge in [-0.1, -0.05) is 83.9 Å². The highest BCUT2D eigenvalue weighted by molar-refractivity contribution is 5.70. The van der Waals surface area contributed by atoms with E-state index in [9.17, 15) is 0 Å². The first-order valence-corrected chi connectivity index (χ1v) is 8.22. The van der Waals surface area contributed by atoms with E-state index in [1.165, 1.54) is 27.8 Å². The Balaban J connectivity index is 1.62. The molecule has 0 heterocycles. The second-order valence-electron chi connectivity index (χ2n) is 6.10. The maximum atomic E-state index is 5.82. The molecule has 0 aliphatic rings. The summed E-state index contributed by atoms with van der Waals surface area (Å²) in [5.41, 5.74) is 6.16. The molecule has 0 amide bonds. The molecule has 0 saturated carbocycles. The van der Waals surface area contributed by atoms with Gasteiger partial charge in [-0.25, -0.2) is 0 Å². The predicted molar refractivity (Wildman–Crippen MR) is 102 cm³/mol. The molecule has 0 aliphatic heterocycles. The van der Waals surface area contributed by atoms with E-state index in [4.69, 9.17) is 4.74 Å². The Bertz CT molecular complexity index is 794. The normalized spacial score (nSPS) is 10.9. The van der Waals surface area contributed by atoms with Crippen LogP contribution in [0.25, 0.3) is 12.2 Å². The Morgan fingerprint density at radius 2 is 1.33 bits per heavy atom. The van der Waals surface area contributed by atoms with Gasteiger partial charge in [0.25, 0.3) is 0 Å². The molecule has 1 nitrogen and oxygen atoms in total. The van der Waals surface area contributed by atoms with E-state index in [1.54, 1.807) is 0 Å². The minimum Gasteiger partial charge on any atom is -0.489 e. The zero-order valence-electron chi connectivity index (χ0n) is 14.2. The van der Waals surface area contributed by atoms with Crippen LogP contribution in [0.4, 0.5) is 0 Å². The SMILES string of the molecule is Cc1cc(C)cc(/C=C/c2ccc(OCc3ccccc3)cc2)c1. The lowest BCUT2D eigenvalue weighted by Crippen LogP contribution is -1.94. The summed E-state index contributed by atoms with van der Waals surface area (Å²) in [5, 5.41) is 0. The number of ether oxygens (including phenoxy) is 1. The van der Waals surface area contributed by atoms with Gasteiger partial charge in [-0.3, -0.25) is 0 Å². The summed E-state index contributed by atoms with van der Waals surface area (Å²) in [6.07, 6.45) is 4.29. The van der Waals surface area contributed by atoms with E-state index in [2.05, 4.69) is 68.5 Å². The van der Waals surface area contributed by atoms with E-state index < -0.39 is 0 Å². The molecule has 120 valence electrons. The van der Waals surface area contributed by atoms with Crippen LogP contribution in [0.5, 0.6) is 5.75 Å². The Morgan fingerprint density at radius 1 is 0.708 bits per heavy atom. The standard InChI is InChI=1S/C23H22O/c1-18-14-19(2)16-22(15-18)9-8-20-10-12-23(13-11-20)24-17-21-6-4-3-5-7-21/h3-16H,17H2,1-2H3/b9-8+. The van der Waals surface area contributed by atoms with Crippen molar-refractivity contribution in [1.82, 2.24) is 0 Å². The molecule has 0 unspecified atom stereocenters. The molecule has 3 rings (SSSR count). The highest BCUT2D eigenvalue weighted by Gasteiger charge is 1.96. The molecule has 0 spiro atoms. The molecule has 0 N–H and O–H groups in total. The Labute approximate surface area is 144 Å². The summed E-state index contributed by atoms with van der Waals surface area (Å²) < 4.78 is 5.82. The van der Waals surface area contributed by atoms with Crippen molar-refractivity contribution in [2.75, 3.05) is 0 Å². The predicted octanol–water partition coefficient (Wildman–Crippen LogP) is 6.05. The van der Waals surface area contributed by atoms with Crippen LogP contribution in [0.3, 0.4) is 0 Å². The first-order valence-electron chi connectivity index (χ1n) is 8.22. The molecule has 0 saturated heterocycles. The van der Waals surface area contributed by atoms with Gasteiger partial charge in [-0.2, -0.15) is 0 Å². The van der Waals surface area contributed by atoms with Crippen molar-refractivity contribution >= 4 is 12.2 Å². The van der Waals surface area contributed by atoms with Crippen LogP contribution < -0.4 is 4.74 Å². The summed E-state index contributed by atoms with van der Waals surface area (Å²) in [4.78, 5) is 0. The van der Waals surface area contributed by atoms with Crippen molar-refractivity contribution < 1.29 is 4.74 Å². The van der Waals surface area contributed by atoms with E-state index >= 15 is 0 Å². The second-order valence-corrected chi connectivity index (χ2v) is 6.10. The molecule has 0 radical (unpaired) electrons. The summed E-state index contributed by atoms with van der Waals surface area (Å²) >= 11 is 0. The monoisotopic (exact) mass is 314 g/mol. The van der Waals surface area contributed by atoms with Crippen molar-refractivity contribution in [3.63, 3.8) is 0 Å². The smallest absolute Gasteiger partial charge is 0.119 e. The van der Waals surface area contributed by atoms with Crippen molar-refractivity contribution in [3.05, 3.63) is 101 Å².